The zero-order chi connectivity index (χ0) is 46.5. The van der Waals surface area contributed by atoms with Gasteiger partial charge in [0.2, 0.25) is 11.8 Å². The summed E-state index contributed by atoms with van der Waals surface area (Å²) in [5, 5.41) is 18.0. The molecular weight excluding hydrogens is 867 g/mol. The van der Waals surface area contributed by atoms with E-state index >= 15 is 0 Å². The lowest BCUT2D eigenvalue weighted by Crippen LogP contribution is -2.54. The number of nitrogens with zero attached hydrogens (tertiary/aromatic N) is 6. The fraction of sp³-hybridized carbons (Fsp3) is 0.340. The van der Waals surface area contributed by atoms with Crippen LogP contribution in [0.4, 0.5) is 11.4 Å². The van der Waals surface area contributed by atoms with Gasteiger partial charge in [-0.2, -0.15) is 0 Å². The predicted octanol–water partition coefficient (Wildman–Crippen LogP) is 4.06. The second kappa shape index (κ2) is 22.2. The first-order valence-corrected chi connectivity index (χ1v) is 21.8. The number of hydrogen-bond acceptors (Lipinski definition) is 17. The average molecular weight is 916 g/mol. The molecule has 5 heterocycles. The fourth-order valence-corrected chi connectivity index (χ4v) is 7.64. The van der Waals surface area contributed by atoms with Gasteiger partial charge in [-0.15, -0.1) is 5.10 Å². The fourth-order valence-electron chi connectivity index (χ4n) is 7.64. The smallest absolute Gasteiger partial charge is 0.340 e. The van der Waals surface area contributed by atoms with Crippen molar-refractivity contribution in [3.63, 3.8) is 0 Å². The van der Waals surface area contributed by atoms with Crippen LogP contribution in [-0.2, 0) is 48.0 Å². The highest BCUT2D eigenvalue weighted by Gasteiger charge is 2.45. The number of amides is 4. The van der Waals surface area contributed by atoms with Gasteiger partial charge in [0.1, 0.15) is 23.1 Å². The molecule has 1 atom stereocenters. The van der Waals surface area contributed by atoms with Crippen molar-refractivity contribution in [3.8, 4) is 11.8 Å². The van der Waals surface area contributed by atoms with Gasteiger partial charge >= 0.3 is 11.6 Å². The number of imide groups is 2. The van der Waals surface area contributed by atoms with Crippen LogP contribution in [0.5, 0.6) is 11.8 Å². The summed E-state index contributed by atoms with van der Waals surface area (Å²) in [5.41, 5.74) is 4.91. The molecule has 2 aliphatic rings. The van der Waals surface area contributed by atoms with Crippen molar-refractivity contribution in [3.05, 3.63) is 129 Å². The molecule has 20 nitrogen and oxygen atoms in total. The molecule has 0 saturated carbocycles. The van der Waals surface area contributed by atoms with E-state index in [0.29, 0.717) is 101 Å². The monoisotopic (exact) mass is 915 g/mol. The quantitative estimate of drug-likeness (QED) is 0.0441. The van der Waals surface area contributed by atoms with Crippen molar-refractivity contribution in [2.75, 3.05) is 70.0 Å². The van der Waals surface area contributed by atoms with Crippen molar-refractivity contribution in [2.24, 2.45) is 0 Å². The second-order valence-corrected chi connectivity index (χ2v) is 15.5. The van der Waals surface area contributed by atoms with Crippen molar-refractivity contribution < 1.29 is 47.3 Å². The molecular formula is C47H49N9O11. The van der Waals surface area contributed by atoms with Crippen LogP contribution >= 0.6 is 0 Å². The maximum atomic E-state index is 13.2. The van der Waals surface area contributed by atoms with Gasteiger partial charge < -0.3 is 38.7 Å². The summed E-state index contributed by atoms with van der Waals surface area (Å²) < 4.78 is 35.7. The summed E-state index contributed by atoms with van der Waals surface area (Å²) in [5.74, 6) is -1.73. The number of fused-ring (bicyclic) bond motifs is 2. The number of aromatic nitrogens is 5. The van der Waals surface area contributed by atoms with Gasteiger partial charge in [-0.1, -0.05) is 23.4 Å². The first-order chi connectivity index (χ1) is 32.7. The normalized spacial score (nSPS) is 14.7. The van der Waals surface area contributed by atoms with Gasteiger partial charge in [0.15, 0.2) is 0 Å². The van der Waals surface area contributed by atoms with Crippen LogP contribution < -0.4 is 26.3 Å². The van der Waals surface area contributed by atoms with E-state index in [1.165, 1.54) is 0 Å². The van der Waals surface area contributed by atoms with E-state index in [1.54, 1.807) is 53.5 Å². The van der Waals surface area contributed by atoms with Gasteiger partial charge in [-0.25, -0.2) is 19.4 Å². The van der Waals surface area contributed by atoms with E-state index in [4.69, 9.17) is 28.1 Å². The van der Waals surface area contributed by atoms with E-state index in [2.05, 4.69) is 36.2 Å². The Kier molecular flexibility index (Phi) is 15.3. The molecule has 6 aromatic rings. The molecule has 3 aromatic heterocycles. The number of hydrogen-bond donors (Lipinski definition) is 3. The van der Waals surface area contributed by atoms with E-state index in [-0.39, 0.29) is 30.0 Å². The summed E-state index contributed by atoms with van der Waals surface area (Å²) in [6.45, 7) is 6.37. The molecule has 0 radical (unpaired) electrons. The van der Waals surface area contributed by atoms with E-state index < -0.39 is 35.3 Å². The summed E-state index contributed by atoms with van der Waals surface area (Å²) in [6.07, 6.45) is 5.58. The molecule has 3 aromatic carbocycles. The molecule has 0 bridgehead atoms. The van der Waals surface area contributed by atoms with Gasteiger partial charge in [-0.3, -0.25) is 29.4 Å². The van der Waals surface area contributed by atoms with Crippen LogP contribution in [-0.4, -0.2) is 119 Å². The topological polar surface area (TPSA) is 240 Å². The molecule has 2 aliphatic heterocycles. The SMILES string of the molecule is Cc1c(Cc2cccc(NCc3cn(CCOCCOCCOCCOCCNc4cccc5c4C(=O)N(C4CCC(=O)NC4=O)C5=O)nn3)c2)c(=O)oc2cc(Oc3ncccn3)ccc12. The van der Waals surface area contributed by atoms with Gasteiger partial charge in [0, 0.05) is 60.2 Å². The van der Waals surface area contributed by atoms with Crippen molar-refractivity contribution >= 4 is 46.0 Å². The van der Waals surface area contributed by atoms with E-state index in [0.717, 1.165) is 32.8 Å². The molecule has 8 rings (SSSR count). The lowest BCUT2D eigenvalue weighted by Gasteiger charge is -2.27. The second-order valence-electron chi connectivity index (χ2n) is 15.5. The third kappa shape index (κ3) is 11.7. The molecule has 348 valence electrons. The number of rotatable bonds is 24. The Morgan fingerprint density at radius 1 is 0.806 bits per heavy atom. The number of benzene rings is 3. The molecule has 67 heavy (non-hydrogen) atoms. The van der Waals surface area contributed by atoms with Crippen LogP contribution in [0.1, 0.15) is 55.9 Å². The number of anilines is 2. The Labute approximate surface area is 383 Å². The Morgan fingerprint density at radius 2 is 1.55 bits per heavy atom. The largest absolute Gasteiger partial charge is 0.424 e. The van der Waals surface area contributed by atoms with Gasteiger partial charge in [0.05, 0.1) is 83.3 Å². The third-order valence-corrected chi connectivity index (χ3v) is 11.0. The highest BCUT2D eigenvalue weighted by molar-refractivity contribution is 6.25. The molecule has 0 aliphatic carbocycles. The number of aryl methyl sites for hydroxylation is 1. The van der Waals surface area contributed by atoms with Crippen molar-refractivity contribution in [2.45, 2.75) is 45.3 Å². The van der Waals surface area contributed by atoms with E-state index in [9.17, 15) is 24.0 Å². The van der Waals surface area contributed by atoms with E-state index in [1.807, 2.05) is 43.5 Å². The van der Waals surface area contributed by atoms with Crippen LogP contribution in [0.3, 0.4) is 0 Å². The molecule has 1 unspecified atom stereocenters. The van der Waals surface area contributed by atoms with Crippen LogP contribution in [0.2, 0.25) is 0 Å². The number of carbonyl (C=O) groups excluding carboxylic acids is 4. The number of piperidine rings is 1. The molecule has 0 spiro atoms. The van der Waals surface area contributed by atoms with Gasteiger partial charge in [0.25, 0.3) is 11.8 Å². The van der Waals surface area contributed by atoms with Crippen molar-refractivity contribution in [1.29, 1.82) is 0 Å². The Hall–Kier alpha value is -7.39. The number of carbonyl (C=O) groups is 4. The predicted molar refractivity (Wildman–Crippen MR) is 241 cm³/mol. The average Bonchev–Trinajstić information content (AvgIpc) is 3.89. The van der Waals surface area contributed by atoms with Crippen LogP contribution in [0.15, 0.2) is 94.5 Å². The zero-order valence-corrected chi connectivity index (χ0v) is 36.7. The molecule has 20 heteroatoms. The third-order valence-electron chi connectivity index (χ3n) is 11.0. The maximum Gasteiger partial charge on any atom is 0.340 e. The standard InChI is InChI=1S/C47H49N9O11/c1-30-35-10-9-34(66-47-49-13-4-14-50-47)27-40(35)67-46(61)37(30)26-31-5-2-6-32(25-31)51-28-33-29-55(54-53-33)16-18-63-20-22-65-24-23-64-21-19-62-17-15-48-38-8-3-7-36-42(38)45(60)56(44(36)59)39-11-12-41(57)52-43(39)58/h2-10,13-14,25,27,29,39,48,51H,11-12,15-24,26,28H2,1H3,(H,52,57,58). The zero-order valence-electron chi connectivity index (χ0n) is 36.7. The summed E-state index contributed by atoms with van der Waals surface area (Å²) >= 11 is 0. The van der Waals surface area contributed by atoms with Crippen LogP contribution in [0.25, 0.3) is 11.0 Å². The molecule has 3 N–H and O–H groups in total. The Bertz CT molecular complexity index is 2780. The maximum absolute atomic E-state index is 13.2. The lowest BCUT2D eigenvalue weighted by atomic mass is 9.99. The number of ether oxygens (including phenoxy) is 5. The van der Waals surface area contributed by atoms with Crippen molar-refractivity contribution in [1.82, 2.24) is 35.2 Å². The highest BCUT2D eigenvalue weighted by Crippen LogP contribution is 2.32. The molecule has 1 fully saturated rings. The molecule has 1 saturated heterocycles. The summed E-state index contributed by atoms with van der Waals surface area (Å²) in [4.78, 5) is 72.4. The first-order valence-electron chi connectivity index (χ1n) is 21.8. The Balaban J connectivity index is 0.658. The minimum absolute atomic E-state index is 0.0570. The summed E-state index contributed by atoms with van der Waals surface area (Å²) in [6, 6.07) is 19.0. The lowest BCUT2D eigenvalue weighted by molar-refractivity contribution is -0.136. The first kappa shape index (κ1) is 46.2. The minimum atomic E-state index is -1.02. The van der Waals surface area contributed by atoms with Gasteiger partial charge in [-0.05, 0) is 66.9 Å². The van der Waals surface area contributed by atoms with Crippen LogP contribution in [0, 0.1) is 6.92 Å². The molecule has 4 amide bonds. The summed E-state index contributed by atoms with van der Waals surface area (Å²) in [7, 11) is 0. The number of nitrogens with one attached hydrogen (secondary N) is 3. The minimum Gasteiger partial charge on any atom is -0.424 e. The Morgan fingerprint density at radius 3 is 2.33 bits per heavy atom. The highest BCUT2D eigenvalue weighted by atomic mass is 16.6.